The number of nitrogens with zero attached hydrogens (tertiary/aromatic N) is 6. The zero-order chi connectivity index (χ0) is 19.8. The Morgan fingerprint density at radius 2 is 1.97 bits per heavy atom. The topological polar surface area (TPSA) is 108 Å². The van der Waals surface area contributed by atoms with Crippen LogP contribution in [0.15, 0.2) is 61.2 Å². The quantitative estimate of drug-likeness (QED) is 0.492. The van der Waals surface area contributed by atoms with Crippen molar-refractivity contribution in [1.82, 2.24) is 29.5 Å². The van der Waals surface area contributed by atoms with E-state index in [1.165, 1.54) is 6.33 Å². The van der Waals surface area contributed by atoms with Gasteiger partial charge >= 0.3 is 0 Å². The van der Waals surface area contributed by atoms with E-state index in [4.69, 9.17) is 4.98 Å². The first kappa shape index (κ1) is 16.9. The zero-order valence-corrected chi connectivity index (χ0v) is 15.5. The van der Waals surface area contributed by atoms with Crippen molar-refractivity contribution in [2.24, 2.45) is 0 Å². The summed E-state index contributed by atoms with van der Waals surface area (Å²) in [7, 11) is 0. The maximum Gasteiger partial charge on any atom is 0.162 e. The number of fused-ring (bicyclic) bond motifs is 2. The maximum atomic E-state index is 9.33. The SMILES string of the molecule is CC(Nc1ncnc2[nH]cnc12)c1nc2ccc(C#N)cc2n1-c1ccccc1. The third-order valence-corrected chi connectivity index (χ3v) is 4.78. The lowest BCUT2D eigenvalue weighted by Crippen LogP contribution is -2.14. The van der Waals surface area contributed by atoms with Crippen LogP contribution >= 0.6 is 0 Å². The van der Waals surface area contributed by atoms with Crippen molar-refractivity contribution in [2.45, 2.75) is 13.0 Å². The molecule has 1 atom stereocenters. The number of nitrogens with one attached hydrogen (secondary N) is 2. The van der Waals surface area contributed by atoms with Crippen LogP contribution in [0.25, 0.3) is 27.9 Å². The molecule has 2 aromatic carbocycles. The van der Waals surface area contributed by atoms with E-state index < -0.39 is 0 Å². The first-order valence-electron chi connectivity index (χ1n) is 9.13. The van der Waals surface area contributed by atoms with Crippen LogP contribution in [0.1, 0.15) is 24.4 Å². The molecule has 5 rings (SSSR count). The Morgan fingerprint density at radius 3 is 2.79 bits per heavy atom. The molecule has 29 heavy (non-hydrogen) atoms. The van der Waals surface area contributed by atoms with E-state index in [-0.39, 0.29) is 6.04 Å². The van der Waals surface area contributed by atoms with Gasteiger partial charge in [-0.25, -0.2) is 19.9 Å². The van der Waals surface area contributed by atoms with Crippen molar-refractivity contribution in [2.75, 3.05) is 5.32 Å². The minimum absolute atomic E-state index is 0.178. The molecule has 0 amide bonds. The third kappa shape index (κ3) is 2.85. The highest BCUT2D eigenvalue weighted by Crippen LogP contribution is 2.28. The molecule has 0 radical (unpaired) electrons. The molecule has 2 N–H and O–H groups in total. The molecule has 1 unspecified atom stereocenters. The van der Waals surface area contributed by atoms with Crippen LogP contribution in [-0.2, 0) is 0 Å². The van der Waals surface area contributed by atoms with Crippen LogP contribution < -0.4 is 5.32 Å². The highest BCUT2D eigenvalue weighted by atomic mass is 15.2. The number of para-hydroxylation sites is 1. The van der Waals surface area contributed by atoms with E-state index in [2.05, 4.69) is 35.9 Å². The van der Waals surface area contributed by atoms with Gasteiger partial charge in [0.15, 0.2) is 11.5 Å². The lowest BCUT2D eigenvalue weighted by atomic mass is 10.2. The minimum atomic E-state index is -0.178. The normalized spacial score (nSPS) is 12.1. The molecule has 0 aliphatic heterocycles. The van der Waals surface area contributed by atoms with Gasteiger partial charge in [0, 0.05) is 5.69 Å². The van der Waals surface area contributed by atoms with Crippen LogP contribution in [0.3, 0.4) is 0 Å². The molecule has 3 heterocycles. The summed E-state index contributed by atoms with van der Waals surface area (Å²) in [4.78, 5) is 20.7. The number of anilines is 1. The second-order valence-electron chi connectivity index (χ2n) is 6.64. The summed E-state index contributed by atoms with van der Waals surface area (Å²) in [6.45, 7) is 2.02. The van der Waals surface area contributed by atoms with Gasteiger partial charge in [-0.05, 0) is 37.3 Å². The predicted octanol–water partition coefficient (Wildman–Crippen LogP) is 3.74. The van der Waals surface area contributed by atoms with E-state index in [1.807, 2.05) is 49.4 Å². The number of nitriles is 1. The van der Waals surface area contributed by atoms with Gasteiger partial charge in [0.2, 0.25) is 0 Å². The van der Waals surface area contributed by atoms with Crippen LogP contribution in [0.4, 0.5) is 5.82 Å². The van der Waals surface area contributed by atoms with E-state index in [0.717, 1.165) is 22.5 Å². The van der Waals surface area contributed by atoms with Crippen molar-refractivity contribution in [3.05, 3.63) is 72.6 Å². The fourth-order valence-corrected chi connectivity index (χ4v) is 3.44. The number of H-pyrrole nitrogens is 1. The molecule has 8 heteroatoms. The van der Waals surface area contributed by atoms with Gasteiger partial charge in [-0.1, -0.05) is 18.2 Å². The molecular weight excluding hydrogens is 364 g/mol. The predicted molar refractivity (Wildman–Crippen MR) is 110 cm³/mol. The summed E-state index contributed by atoms with van der Waals surface area (Å²) >= 11 is 0. The van der Waals surface area contributed by atoms with Crippen molar-refractivity contribution in [3.8, 4) is 11.8 Å². The van der Waals surface area contributed by atoms with E-state index >= 15 is 0 Å². The van der Waals surface area contributed by atoms with Crippen molar-refractivity contribution in [1.29, 1.82) is 5.26 Å². The van der Waals surface area contributed by atoms with E-state index in [0.29, 0.717) is 22.5 Å². The Morgan fingerprint density at radius 1 is 1.10 bits per heavy atom. The molecule has 0 aliphatic carbocycles. The third-order valence-electron chi connectivity index (χ3n) is 4.78. The molecule has 0 aliphatic rings. The largest absolute Gasteiger partial charge is 0.358 e. The van der Waals surface area contributed by atoms with Crippen molar-refractivity contribution in [3.63, 3.8) is 0 Å². The lowest BCUT2D eigenvalue weighted by Gasteiger charge is -2.17. The number of imidazole rings is 2. The highest BCUT2D eigenvalue weighted by molar-refractivity contribution is 5.83. The summed E-state index contributed by atoms with van der Waals surface area (Å²) in [6, 6.07) is 17.5. The molecule has 0 spiro atoms. The minimum Gasteiger partial charge on any atom is -0.358 e. The molecule has 140 valence electrons. The Bertz CT molecular complexity index is 1360. The number of benzene rings is 2. The zero-order valence-electron chi connectivity index (χ0n) is 15.5. The monoisotopic (exact) mass is 380 g/mol. The fraction of sp³-hybridized carbons (Fsp3) is 0.0952. The second-order valence-corrected chi connectivity index (χ2v) is 6.64. The molecule has 0 saturated heterocycles. The van der Waals surface area contributed by atoms with Crippen molar-refractivity contribution >= 4 is 28.0 Å². The molecule has 0 saturated carbocycles. The molecular formula is C21H16N8. The summed E-state index contributed by atoms with van der Waals surface area (Å²) in [5, 5.41) is 12.7. The van der Waals surface area contributed by atoms with E-state index in [9.17, 15) is 5.26 Å². The van der Waals surface area contributed by atoms with Crippen LogP contribution in [-0.4, -0.2) is 29.5 Å². The Labute approximate surface area is 165 Å². The Hall–Kier alpha value is -4.25. The molecule has 8 nitrogen and oxygen atoms in total. The first-order valence-corrected chi connectivity index (χ1v) is 9.13. The number of hydrogen-bond acceptors (Lipinski definition) is 6. The number of rotatable bonds is 4. The van der Waals surface area contributed by atoms with Crippen LogP contribution in [0.2, 0.25) is 0 Å². The summed E-state index contributed by atoms with van der Waals surface area (Å²) in [5.74, 6) is 1.44. The number of aromatic amines is 1. The van der Waals surface area contributed by atoms with Gasteiger partial charge in [-0.2, -0.15) is 5.26 Å². The highest BCUT2D eigenvalue weighted by Gasteiger charge is 2.20. The van der Waals surface area contributed by atoms with Gasteiger partial charge in [0.25, 0.3) is 0 Å². The average Bonchev–Trinajstić information content (AvgIpc) is 3.39. The molecule has 5 aromatic rings. The molecule has 3 aromatic heterocycles. The summed E-state index contributed by atoms with van der Waals surface area (Å²) in [6.07, 6.45) is 3.09. The Kier molecular flexibility index (Phi) is 3.92. The second kappa shape index (κ2) is 6.73. The summed E-state index contributed by atoms with van der Waals surface area (Å²) in [5.41, 5.74) is 4.62. The average molecular weight is 380 g/mol. The van der Waals surface area contributed by atoms with Crippen LogP contribution in [0.5, 0.6) is 0 Å². The standard InChI is InChI=1S/C21H16N8/c1-13(27-20-18-19(24-11-23-18)25-12-26-20)21-28-16-8-7-14(10-22)9-17(16)29(21)15-5-3-2-4-6-15/h2-9,11-13H,1H3,(H2,23,24,25,26,27). The maximum absolute atomic E-state index is 9.33. The van der Waals surface area contributed by atoms with Gasteiger partial charge in [0.05, 0.1) is 35.0 Å². The molecule has 0 bridgehead atoms. The van der Waals surface area contributed by atoms with Gasteiger partial charge in [0.1, 0.15) is 17.7 Å². The van der Waals surface area contributed by atoms with Gasteiger partial charge in [-0.3, -0.25) is 4.57 Å². The van der Waals surface area contributed by atoms with Gasteiger partial charge < -0.3 is 10.3 Å². The number of aromatic nitrogens is 6. The fourth-order valence-electron chi connectivity index (χ4n) is 3.44. The van der Waals surface area contributed by atoms with E-state index in [1.54, 1.807) is 12.4 Å². The lowest BCUT2D eigenvalue weighted by molar-refractivity contribution is 0.769. The molecule has 0 fully saturated rings. The van der Waals surface area contributed by atoms with Crippen molar-refractivity contribution < 1.29 is 0 Å². The first-order chi connectivity index (χ1) is 14.2. The smallest absolute Gasteiger partial charge is 0.162 e. The summed E-state index contributed by atoms with van der Waals surface area (Å²) < 4.78 is 2.07. The van der Waals surface area contributed by atoms with Crippen LogP contribution in [0, 0.1) is 11.3 Å². The number of hydrogen-bond donors (Lipinski definition) is 2. The Balaban J connectivity index is 1.66. The van der Waals surface area contributed by atoms with Gasteiger partial charge in [-0.15, -0.1) is 0 Å².